The summed E-state index contributed by atoms with van der Waals surface area (Å²) in [6.45, 7) is 7.52. The van der Waals surface area contributed by atoms with Crippen LogP contribution in [0.4, 0.5) is 0 Å². The van der Waals surface area contributed by atoms with Crippen molar-refractivity contribution in [2.75, 3.05) is 20.6 Å². The van der Waals surface area contributed by atoms with Crippen LogP contribution >= 0.6 is 0 Å². The number of aromatic nitrogens is 2. The summed E-state index contributed by atoms with van der Waals surface area (Å²) in [7, 11) is 4.08. The van der Waals surface area contributed by atoms with Crippen LogP contribution in [0.15, 0.2) is 30.3 Å². The lowest BCUT2D eigenvalue weighted by Crippen LogP contribution is -2.34. The Balaban J connectivity index is 1.80. The minimum atomic E-state index is 0.0977. The lowest BCUT2D eigenvalue weighted by molar-refractivity contribution is -0.121. The number of carbonyl (C=O) groups excluding carboxylic acids is 1. The largest absolute Gasteiger partial charge is 0.354 e. The van der Waals surface area contributed by atoms with E-state index in [4.69, 9.17) is 0 Å². The molecular formula is C20H30N4O. The Morgan fingerprint density at radius 2 is 1.88 bits per heavy atom. The van der Waals surface area contributed by atoms with Gasteiger partial charge >= 0.3 is 0 Å². The lowest BCUT2D eigenvalue weighted by atomic mass is 10.0. The van der Waals surface area contributed by atoms with Crippen molar-refractivity contribution in [3.63, 3.8) is 0 Å². The molecule has 0 spiro atoms. The van der Waals surface area contributed by atoms with E-state index in [9.17, 15) is 4.79 Å². The van der Waals surface area contributed by atoms with Crippen LogP contribution in [0.5, 0.6) is 0 Å². The Labute approximate surface area is 151 Å². The molecule has 0 aliphatic heterocycles. The normalized spacial score (nSPS) is 12.4. The molecule has 1 atom stereocenters. The second-order valence-electron chi connectivity index (χ2n) is 6.95. The average molecular weight is 342 g/mol. The third-order valence-electron chi connectivity index (χ3n) is 4.46. The molecule has 5 heteroatoms. The van der Waals surface area contributed by atoms with E-state index in [0.717, 1.165) is 24.4 Å². The maximum Gasteiger partial charge on any atom is 0.220 e. The summed E-state index contributed by atoms with van der Waals surface area (Å²) in [6.07, 6.45) is 1.32. The van der Waals surface area contributed by atoms with Crippen molar-refractivity contribution in [3.05, 3.63) is 52.8 Å². The molecule has 2 rings (SSSR count). The number of rotatable bonds is 8. The Hall–Kier alpha value is -2.14. The molecule has 2 aromatic rings. The van der Waals surface area contributed by atoms with E-state index in [1.54, 1.807) is 0 Å². The van der Waals surface area contributed by atoms with E-state index in [-0.39, 0.29) is 11.9 Å². The van der Waals surface area contributed by atoms with Gasteiger partial charge in [0.2, 0.25) is 5.91 Å². The number of benzene rings is 1. The van der Waals surface area contributed by atoms with Crippen molar-refractivity contribution in [2.45, 2.75) is 46.2 Å². The molecule has 0 saturated heterocycles. The molecule has 1 amide bonds. The fraction of sp³-hybridized carbons (Fsp3) is 0.500. The summed E-state index contributed by atoms with van der Waals surface area (Å²) in [6, 6.07) is 10.7. The molecule has 5 nitrogen and oxygen atoms in total. The zero-order valence-corrected chi connectivity index (χ0v) is 16.0. The summed E-state index contributed by atoms with van der Waals surface area (Å²) < 4.78 is 1.97. The minimum absolute atomic E-state index is 0.0977. The maximum absolute atomic E-state index is 12.2. The van der Waals surface area contributed by atoms with Gasteiger partial charge in [-0.2, -0.15) is 5.10 Å². The van der Waals surface area contributed by atoms with E-state index in [1.807, 2.05) is 32.6 Å². The first-order chi connectivity index (χ1) is 11.9. The first-order valence-corrected chi connectivity index (χ1v) is 8.87. The number of amides is 1. The van der Waals surface area contributed by atoms with E-state index in [0.29, 0.717) is 13.0 Å². The lowest BCUT2D eigenvalue weighted by Gasteiger charge is -2.25. The topological polar surface area (TPSA) is 50.2 Å². The highest BCUT2D eigenvalue weighted by Gasteiger charge is 2.15. The van der Waals surface area contributed by atoms with Crippen LogP contribution < -0.4 is 5.32 Å². The summed E-state index contributed by atoms with van der Waals surface area (Å²) in [5.41, 5.74) is 4.63. The Bertz CT molecular complexity index is 688. The molecule has 0 saturated carbocycles. The van der Waals surface area contributed by atoms with Crippen LogP contribution in [0, 0.1) is 20.8 Å². The second kappa shape index (κ2) is 8.81. The monoisotopic (exact) mass is 342 g/mol. The summed E-state index contributed by atoms with van der Waals surface area (Å²) in [5, 5.41) is 7.50. The number of carbonyl (C=O) groups is 1. The molecule has 1 N–H and O–H groups in total. The molecule has 0 aliphatic rings. The fourth-order valence-electron chi connectivity index (χ4n) is 2.98. The molecule has 0 bridgehead atoms. The van der Waals surface area contributed by atoms with E-state index < -0.39 is 0 Å². The number of nitrogens with zero attached hydrogens (tertiary/aromatic N) is 3. The van der Waals surface area contributed by atoms with Gasteiger partial charge in [-0.05, 0) is 52.9 Å². The molecule has 0 fully saturated rings. The van der Waals surface area contributed by atoms with Gasteiger partial charge in [0.1, 0.15) is 0 Å². The van der Waals surface area contributed by atoms with Gasteiger partial charge in [-0.15, -0.1) is 0 Å². The van der Waals surface area contributed by atoms with Gasteiger partial charge in [0.25, 0.3) is 0 Å². The molecule has 0 aliphatic carbocycles. The van der Waals surface area contributed by atoms with E-state index >= 15 is 0 Å². The van der Waals surface area contributed by atoms with E-state index in [1.165, 1.54) is 11.1 Å². The Kier molecular flexibility index (Phi) is 6.76. The van der Waals surface area contributed by atoms with Crippen molar-refractivity contribution in [1.82, 2.24) is 20.0 Å². The molecule has 0 radical (unpaired) electrons. The number of aryl methyl sites for hydroxylation is 4. The Morgan fingerprint density at radius 3 is 2.44 bits per heavy atom. The van der Waals surface area contributed by atoms with Crippen LogP contribution in [0.3, 0.4) is 0 Å². The standard InChI is InChI=1S/C20H30N4O/c1-15-8-10-18(11-9-15)19(23(4)5)14-21-20(25)7-6-12-24-17(3)13-16(2)22-24/h8-11,13,19H,6-7,12,14H2,1-5H3,(H,21,25). The zero-order valence-electron chi connectivity index (χ0n) is 16.0. The van der Waals surface area contributed by atoms with Crippen LogP contribution in [0.1, 0.15) is 41.4 Å². The third kappa shape index (κ3) is 5.71. The summed E-state index contributed by atoms with van der Waals surface area (Å²) in [4.78, 5) is 14.3. The second-order valence-corrected chi connectivity index (χ2v) is 6.95. The van der Waals surface area contributed by atoms with Gasteiger partial charge in [-0.1, -0.05) is 29.8 Å². The maximum atomic E-state index is 12.2. The molecule has 25 heavy (non-hydrogen) atoms. The minimum Gasteiger partial charge on any atom is -0.354 e. The predicted octanol–water partition coefficient (Wildman–Crippen LogP) is 3.01. The molecule has 1 aromatic carbocycles. The summed E-state index contributed by atoms with van der Waals surface area (Å²) >= 11 is 0. The smallest absolute Gasteiger partial charge is 0.220 e. The average Bonchev–Trinajstić information content (AvgIpc) is 2.86. The highest BCUT2D eigenvalue weighted by atomic mass is 16.1. The number of hydrogen-bond donors (Lipinski definition) is 1. The van der Waals surface area contributed by atoms with Crippen LogP contribution in [-0.2, 0) is 11.3 Å². The number of nitrogens with one attached hydrogen (secondary N) is 1. The first-order valence-electron chi connectivity index (χ1n) is 8.87. The van der Waals surface area contributed by atoms with Crippen molar-refractivity contribution in [2.24, 2.45) is 0 Å². The molecular weight excluding hydrogens is 312 g/mol. The van der Waals surface area contributed by atoms with Crippen LogP contribution in [-0.4, -0.2) is 41.2 Å². The predicted molar refractivity (Wildman–Crippen MR) is 102 cm³/mol. The quantitative estimate of drug-likeness (QED) is 0.802. The SMILES string of the molecule is Cc1ccc(C(CNC(=O)CCCn2nc(C)cc2C)N(C)C)cc1. The van der Waals surface area contributed by atoms with Crippen LogP contribution in [0.25, 0.3) is 0 Å². The van der Waals surface area contributed by atoms with Gasteiger partial charge in [-0.25, -0.2) is 0 Å². The van der Waals surface area contributed by atoms with Gasteiger partial charge in [-0.3, -0.25) is 9.48 Å². The van der Waals surface area contributed by atoms with Crippen molar-refractivity contribution >= 4 is 5.91 Å². The highest BCUT2D eigenvalue weighted by molar-refractivity contribution is 5.75. The van der Waals surface area contributed by atoms with Gasteiger partial charge in [0, 0.05) is 25.2 Å². The number of likely N-dealkylation sites (N-methyl/N-ethyl adjacent to an activating group) is 1. The van der Waals surface area contributed by atoms with Crippen LogP contribution in [0.2, 0.25) is 0 Å². The fourth-order valence-corrected chi connectivity index (χ4v) is 2.98. The van der Waals surface area contributed by atoms with Gasteiger partial charge in [0.15, 0.2) is 0 Å². The molecule has 136 valence electrons. The first kappa shape index (κ1) is 19.2. The van der Waals surface area contributed by atoms with Gasteiger partial charge in [0.05, 0.1) is 11.7 Å². The van der Waals surface area contributed by atoms with Gasteiger partial charge < -0.3 is 10.2 Å². The van der Waals surface area contributed by atoms with Crippen molar-refractivity contribution in [1.29, 1.82) is 0 Å². The third-order valence-corrected chi connectivity index (χ3v) is 4.46. The molecule has 1 aromatic heterocycles. The van der Waals surface area contributed by atoms with Crippen molar-refractivity contribution < 1.29 is 4.79 Å². The van der Waals surface area contributed by atoms with E-state index in [2.05, 4.69) is 52.6 Å². The van der Waals surface area contributed by atoms with Crippen molar-refractivity contribution in [3.8, 4) is 0 Å². The highest BCUT2D eigenvalue weighted by Crippen LogP contribution is 2.18. The summed E-state index contributed by atoms with van der Waals surface area (Å²) in [5.74, 6) is 0.0977. The molecule has 1 unspecified atom stereocenters. The zero-order chi connectivity index (χ0) is 18.4. The number of hydrogen-bond acceptors (Lipinski definition) is 3. The Morgan fingerprint density at radius 1 is 1.20 bits per heavy atom. The molecule has 1 heterocycles.